The highest BCUT2D eigenvalue weighted by atomic mass is 32.2. The Morgan fingerprint density at radius 3 is 1.93 bits per heavy atom. The molecule has 1 aliphatic heterocycles. The predicted octanol–water partition coefficient (Wildman–Crippen LogP) is 6.08. The predicted molar refractivity (Wildman–Crippen MR) is 151 cm³/mol. The van der Waals surface area contributed by atoms with Crippen LogP contribution in [0, 0.1) is 11.8 Å². The van der Waals surface area contributed by atoms with Gasteiger partial charge in [-0.3, -0.25) is 9.59 Å². The fourth-order valence-electron chi connectivity index (χ4n) is 6.47. The third-order valence-electron chi connectivity index (χ3n) is 8.92. The maximum atomic E-state index is 14.8. The second kappa shape index (κ2) is 12.1. The molecule has 254 valence electrons. The number of nitrogens with zero attached hydrogens (tertiary/aromatic N) is 1. The van der Waals surface area contributed by atoms with Gasteiger partial charge in [-0.2, -0.15) is 26.3 Å². The summed E-state index contributed by atoms with van der Waals surface area (Å²) in [6.07, 6.45) is -12.0. The standard InChI is InChI=1S/C31H34F7NO6S/c1-27(2,43)17-19-4-3-5-24(16-19)46(44,45)28(14-15-39(18-28)25(40)20-6-8-21(9-7-20)26(41)42)22-10-12-23(13-11-22)29(32,30(33,34)35)31(36,37)38/h3-5,10-13,16,20-21,43H,6-9,14-15,17-18H2,1-2H3,(H,41,42). The van der Waals surface area contributed by atoms with Gasteiger partial charge >= 0.3 is 24.0 Å². The minimum atomic E-state index is -6.37. The van der Waals surface area contributed by atoms with Gasteiger partial charge in [-0.25, -0.2) is 12.8 Å². The molecule has 4 rings (SSSR count). The van der Waals surface area contributed by atoms with Gasteiger partial charge < -0.3 is 15.1 Å². The lowest BCUT2D eigenvalue weighted by atomic mass is 9.81. The summed E-state index contributed by atoms with van der Waals surface area (Å²) in [6.45, 7) is 2.39. The second-order valence-corrected chi connectivity index (χ2v) is 15.0. The van der Waals surface area contributed by atoms with Crippen molar-refractivity contribution >= 4 is 21.7 Å². The molecule has 1 atom stereocenters. The number of aliphatic hydroxyl groups is 1. The molecule has 0 radical (unpaired) electrons. The third kappa shape index (κ3) is 6.49. The van der Waals surface area contributed by atoms with Crippen molar-refractivity contribution in [2.45, 2.75) is 85.6 Å². The normalized spacial score (nSPS) is 23.4. The van der Waals surface area contributed by atoms with Crippen LogP contribution in [0.15, 0.2) is 53.4 Å². The van der Waals surface area contributed by atoms with Gasteiger partial charge in [0.15, 0.2) is 9.84 Å². The molecule has 1 aliphatic carbocycles. The van der Waals surface area contributed by atoms with Gasteiger partial charge in [-0.15, -0.1) is 0 Å². The van der Waals surface area contributed by atoms with Crippen molar-refractivity contribution in [3.63, 3.8) is 0 Å². The highest BCUT2D eigenvalue weighted by molar-refractivity contribution is 7.92. The minimum absolute atomic E-state index is 0.0507. The van der Waals surface area contributed by atoms with E-state index >= 15 is 0 Å². The number of carbonyl (C=O) groups is 2. The number of halogens is 7. The van der Waals surface area contributed by atoms with E-state index in [1.165, 1.54) is 36.9 Å². The van der Waals surface area contributed by atoms with Crippen LogP contribution in [0.1, 0.15) is 62.6 Å². The first-order chi connectivity index (χ1) is 21.0. The maximum Gasteiger partial charge on any atom is 0.435 e. The van der Waals surface area contributed by atoms with Crippen molar-refractivity contribution in [1.82, 2.24) is 4.90 Å². The Hall–Kier alpha value is -3.20. The van der Waals surface area contributed by atoms with E-state index in [9.17, 15) is 59.0 Å². The molecule has 0 spiro atoms. The first kappa shape index (κ1) is 35.7. The van der Waals surface area contributed by atoms with Crippen molar-refractivity contribution in [3.8, 4) is 0 Å². The average Bonchev–Trinajstić information content (AvgIpc) is 3.42. The molecule has 0 aromatic heterocycles. The number of aliphatic carboxylic acids is 1. The van der Waals surface area contributed by atoms with E-state index in [0.29, 0.717) is 17.7 Å². The van der Waals surface area contributed by atoms with Gasteiger partial charge in [0.2, 0.25) is 5.91 Å². The Morgan fingerprint density at radius 2 is 1.43 bits per heavy atom. The van der Waals surface area contributed by atoms with E-state index in [4.69, 9.17) is 0 Å². The summed E-state index contributed by atoms with van der Waals surface area (Å²) in [4.78, 5) is 25.9. The highest BCUT2D eigenvalue weighted by Crippen LogP contribution is 2.54. The Balaban J connectivity index is 1.78. The van der Waals surface area contributed by atoms with Crippen molar-refractivity contribution in [3.05, 3.63) is 65.2 Å². The average molecular weight is 682 g/mol. The SMILES string of the molecule is CC(C)(O)Cc1cccc(S(=O)(=O)C2(c3ccc(C(F)(C(F)(F)F)C(F)(F)F)cc3)CCN(C(=O)C3CCC(C(=O)O)CC3)C2)c1. The lowest BCUT2D eigenvalue weighted by Crippen LogP contribution is -2.50. The Kier molecular flexibility index (Phi) is 9.39. The molecule has 2 aromatic rings. The number of hydrogen-bond donors (Lipinski definition) is 2. The molecule has 2 aliphatic rings. The summed E-state index contributed by atoms with van der Waals surface area (Å²) in [7, 11) is -4.55. The molecule has 7 nitrogen and oxygen atoms in total. The van der Waals surface area contributed by atoms with Gasteiger partial charge in [0.05, 0.1) is 16.4 Å². The molecule has 2 aromatic carbocycles. The molecule has 0 bridgehead atoms. The van der Waals surface area contributed by atoms with Crippen LogP contribution in [0.3, 0.4) is 0 Å². The van der Waals surface area contributed by atoms with Gasteiger partial charge in [0, 0.05) is 31.0 Å². The summed E-state index contributed by atoms with van der Waals surface area (Å²) in [5.74, 6) is -2.64. The van der Waals surface area contributed by atoms with Crippen LogP contribution in [-0.4, -0.2) is 66.5 Å². The maximum absolute atomic E-state index is 14.8. The molecule has 2 fully saturated rings. The summed E-state index contributed by atoms with van der Waals surface area (Å²) < 4.78 is 122. The zero-order chi connectivity index (χ0) is 34.5. The van der Waals surface area contributed by atoms with E-state index in [1.807, 2.05) is 0 Å². The molecule has 1 saturated heterocycles. The van der Waals surface area contributed by atoms with E-state index in [0.717, 1.165) is 0 Å². The lowest BCUT2D eigenvalue weighted by molar-refractivity contribution is -0.348. The number of likely N-dealkylation sites (tertiary alicyclic amines) is 1. The molecule has 1 heterocycles. The summed E-state index contributed by atoms with van der Waals surface area (Å²) in [5, 5.41) is 19.5. The number of alkyl halides is 7. The molecule has 2 N–H and O–H groups in total. The number of amides is 1. The number of rotatable bonds is 8. The number of carboxylic acid groups (broad SMARTS) is 1. The van der Waals surface area contributed by atoms with Crippen LogP contribution >= 0.6 is 0 Å². The van der Waals surface area contributed by atoms with Gasteiger partial charge in [0.1, 0.15) is 4.75 Å². The lowest BCUT2D eigenvalue weighted by Gasteiger charge is -2.33. The smallest absolute Gasteiger partial charge is 0.435 e. The Morgan fingerprint density at radius 1 is 0.891 bits per heavy atom. The van der Waals surface area contributed by atoms with Crippen LogP contribution in [0.4, 0.5) is 30.7 Å². The molecule has 1 amide bonds. The number of carboxylic acids is 1. The van der Waals surface area contributed by atoms with Crippen molar-refractivity contribution in [2.75, 3.05) is 13.1 Å². The van der Waals surface area contributed by atoms with Gasteiger partial charge in [-0.05, 0) is 69.2 Å². The summed E-state index contributed by atoms with van der Waals surface area (Å²) in [6, 6.07) is 7.51. The number of benzene rings is 2. The fourth-order valence-corrected chi connectivity index (χ4v) is 8.61. The quantitative estimate of drug-likeness (QED) is 0.327. The van der Waals surface area contributed by atoms with Crippen molar-refractivity contribution < 1.29 is 59.0 Å². The first-order valence-corrected chi connectivity index (χ1v) is 16.0. The topological polar surface area (TPSA) is 112 Å². The van der Waals surface area contributed by atoms with Crippen LogP contribution in [0.2, 0.25) is 0 Å². The van der Waals surface area contributed by atoms with E-state index in [-0.39, 0.29) is 67.7 Å². The van der Waals surface area contributed by atoms with E-state index in [2.05, 4.69) is 0 Å². The van der Waals surface area contributed by atoms with Crippen LogP contribution in [-0.2, 0) is 36.3 Å². The zero-order valence-corrected chi connectivity index (χ0v) is 25.8. The van der Waals surface area contributed by atoms with Crippen molar-refractivity contribution in [1.29, 1.82) is 0 Å². The third-order valence-corrected chi connectivity index (χ3v) is 11.4. The molecule has 1 unspecified atom stereocenters. The Labute approximate surface area is 261 Å². The summed E-state index contributed by atoms with van der Waals surface area (Å²) >= 11 is 0. The van der Waals surface area contributed by atoms with Crippen LogP contribution in [0.25, 0.3) is 0 Å². The number of hydrogen-bond acceptors (Lipinski definition) is 5. The number of carbonyl (C=O) groups excluding carboxylic acids is 1. The first-order valence-electron chi connectivity index (χ1n) is 14.5. The second-order valence-electron chi connectivity index (χ2n) is 12.8. The number of sulfone groups is 1. The molecular formula is C31H34F7NO6S. The monoisotopic (exact) mass is 681 g/mol. The minimum Gasteiger partial charge on any atom is -0.481 e. The van der Waals surface area contributed by atoms with Crippen LogP contribution < -0.4 is 0 Å². The van der Waals surface area contributed by atoms with Gasteiger partial charge in [0.25, 0.3) is 0 Å². The van der Waals surface area contributed by atoms with Crippen molar-refractivity contribution in [2.24, 2.45) is 11.8 Å². The zero-order valence-electron chi connectivity index (χ0n) is 25.0. The molecular weight excluding hydrogens is 647 g/mol. The van der Waals surface area contributed by atoms with Gasteiger partial charge in [-0.1, -0.05) is 36.4 Å². The molecule has 15 heteroatoms. The molecule has 46 heavy (non-hydrogen) atoms. The van der Waals surface area contributed by atoms with E-state index in [1.54, 1.807) is 6.07 Å². The Bertz CT molecular complexity index is 1550. The fraction of sp³-hybridized carbons (Fsp3) is 0.548. The van der Waals surface area contributed by atoms with Crippen LogP contribution in [0.5, 0.6) is 0 Å². The largest absolute Gasteiger partial charge is 0.481 e. The highest BCUT2D eigenvalue weighted by Gasteiger charge is 2.73. The van der Waals surface area contributed by atoms with E-state index < -0.39 is 74.0 Å². The molecule has 1 saturated carbocycles. The summed E-state index contributed by atoms with van der Waals surface area (Å²) in [5.41, 5.74) is -8.53.